The first-order valence-electron chi connectivity index (χ1n) is 9.37. The molecule has 2 aliphatic rings. The lowest BCUT2D eigenvalue weighted by Gasteiger charge is -2.40. The fourth-order valence-corrected chi connectivity index (χ4v) is 4.29. The van der Waals surface area contributed by atoms with Crippen LogP contribution in [0.1, 0.15) is 32.1 Å². The Kier molecular flexibility index (Phi) is 4.56. The van der Waals surface area contributed by atoms with E-state index in [1.807, 2.05) is 18.3 Å². The Labute approximate surface area is 144 Å². The highest BCUT2D eigenvalue weighted by molar-refractivity contribution is 5.83. The normalized spacial score (nSPS) is 20.6. The number of hydrogen-bond donors (Lipinski definition) is 0. The molecule has 1 amide bonds. The Bertz CT molecular complexity index is 694. The summed E-state index contributed by atoms with van der Waals surface area (Å²) < 4.78 is 2.08. The van der Waals surface area contributed by atoms with Crippen LogP contribution in [0.2, 0.25) is 0 Å². The topological polar surface area (TPSA) is 28.5 Å². The van der Waals surface area contributed by atoms with Crippen molar-refractivity contribution in [1.82, 2.24) is 14.4 Å². The largest absolute Gasteiger partial charge is 0.341 e. The minimum Gasteiger partial charge on any atom is -0.341 e. The molecule has 2 saturated heterocycles. The van der Waals surface area contributed by atoms with Crippen molar-refractivity contribution in [3.63, 3.8) is 0 Å². The number of benzene rings is 1. The average Bonchev–Trinajstić information content (AvgIpc) is 3.06. The molecule has 2 aromatic rings. The van der Waals surface area contributed by atoms with Crippen LogP contribution in [0, 0.1) is 0 Å². The van der Waals surface area contributed by atoms with Crippen molar-refractivity contribution < 1.29 is 4.79 Å². The molecule has 4 rings (SSSR count). The van der Waals surface area contributed by atoms with E-state index in [0.717, 1.165) is 31.4 Å². The van der Waals surface area contributed by atoms with Gasteiger partial charge in [0, 0.05) is 30.8 Å². The Hall–Kier alpha value is -1.81. The third-order valence-corrected chi connectivity index (χ3v) is 5.71. The molecule has 1 aromatic heterocycles. The quantitative estimate of drug-likeness (QED) is 0.867. The third-order valence-electron chi connectivity index (χ3n) is 5.71. The van der Waals surface area contributed by atoms with E-state index in [0.29, 0.717) is 12.6 Å². The van der Waals surface area contributed by atoms with Crippen LogP contribution >= 0.6 is 0 Å². The minimum atomic E-state index is 0.258. The van der Waals surface area contributed by atoms with E-state index in [9.17, 15) is 4.79 Å². The van der Waals surface area contributed by atoms with E-state index in [4.69, 9.17) is 0 Å². The molecule has 4 heteroatoms. The third kappa shape index (κ3) is 3.20. The van der Waals surface area contributed by atoms with Crippen molar-refractivity contribution >= 4 is 16.8 Å². The fourth-order valence-electron chi connectivity index (χ4n) is 4.29. The van der Waals surface area contributed by atoms with Gasteiger partial charge < -0.3 is 14.4 Å². The van der Waals surface area contributed by atoms with Crippen LogP contribution in [-0.4, -0.2) is 52.5 Å². The van der Waals surface area contributed by atoms with E-state index in [2.05, 4.69) is 32.6 Å². The van der Waals surface area contributed by atoms with Crippen LogP contribution in [0.3, 0.4) is 0 Å². The number of piperidine rings is 2. The lowest BCUT2D eigenvalue weighted by Crippen LogP contribution is -2.48. The summed E-state index contributed by atoms with van der Waals surface area (Å²) in [5.74, 6) is 0.258. The van der Waals surface area contributed by atoms with Gasteiger partial charge in [-0.2, -0.15) is 0 Å². The molecular formula is C20H27N3O. The zero-order chi connectivity index (χ0) is 16.4. The van der Waals surface area contributed by atoms with Gasteiger partial charge in [-0.25, -0.2) is 0 Å². The summed E-state index contributed by atoms with van der Waals surface area (Å²) in [6, 6.07) is 11.0. The average molecular weight is 325 g/mol. The highest BCUT2D eigenvalue weighted by Gasteiger charge is 2.27. The number of rotatable bonds is 3. The number of likely N-dealkylation sites (tertiary alicyclic amines) is 2. The predicted octanol–water partition coefficient (Wildman–Crippen LogP) is 3.12. The Morgan fingerprint density at radius 2 is 1.71 bits per heavy atom. The maximum absolute atomic E-state index is 12.7. The molecule has 0 atom stereocenters. The molecule has 0 N–H and O–H groups in total. The number of para-hydroxylation sites is 1. The van der Waals surface area contributed by atoms with Crippen LogP contribution in [0.25, 0.3) is 10.9 Å². The molecule has 128 valence electrons. The second-order valence-electron chi connectivity index (χ2n) is 7.21. The molecule has 0 bridgehead atoms. The number of carbonyl (C=O) groups is 1. The van der Waals surface area contributed by atoms with E-state index >= 15 is 0 Å². The van der Waals surface area contributed by atoms with Gasteiger partial charge in [-0.1, -0.05) is 24.6 Å². The minimum absolute atomic E-state index is 0.258. The standard InChI is InChI=1S/C20H27N3O/c24-20(16-23-13-8-17-6-2-3-7-19(17)23)22-14-9-18(10-15-22)21-11-4-1-5-12-21/h2-3,6-8,13,18H,1,4-5,9-12,14-16H2. The summed E-state index contributed by atoms with van der Waals surface area (Å²) in [5.41, 5.74) is 1.15. The number of aromatic nitrogens is 1. The molecule has 2 aliphatic heterocycles. The summed E-state index contributed by atoms with van der Waals surface area (Å²) >= 11 is 0. The van der Waals surface area contributed by atoms with Crippen LogP contribution < -0.4 is 0 Å². The number of hydrogen-bond acceptors (Lipinski definition) is 2. The van der Waals surface area contributed by atoms with Crippen molar-refractivity contribution in [2.24, 2.45) is 0 Å². The first-order valence-corrected chi connectivity index (χ1v) is 9.37. The zero-order valence-electron chi connectivity index (χ0n) is 14.4. The highest BCUT2D eigenvalue weighted by atomic mass is 16.2. The lowest BCUT2D eigenvalue weighted by molar-refractivity contribution is -0.133. The van der Waals surface area contributed by atoms with Crippen molar-refractivity contribution in [2.75, 3.05) is 26.2 Å². The van der Waals surface area contributed by atoms with Crippen molar-refractivity contribution in [3.05, 3.63) is 36.5 Å². The maximum Gasteiger partial charge on any atom is 0.242 e. The molecule has 4 nitrogen and oxygen atoms in total. The fraction of sp³-hybridized carbons (Fsp3) is 0.550. The first kappa shape index (κ1) is 15.7. The molecule has 24 heavy (non-hydrogen) atoms. The summed E-state index contributed by atoms with van der Waals surface area (Å²) in [4.78, 5) is 17.4. The van der Waals surface area contributed by atoms with Crippen molar-refractivity contribution in [3.8, 4) is 0 Å². The first-order chi connectivity index (χ1) is 11.8. The molecule has 0 saturated carbocycles. The highest BCUT2D eigenvalue weighted by Crippen LogP contribution is 2.21. The molecule has 1 aromatic carbocycles. The van der Waals surface area contributed by atoms with Crippen LogP contribution in [0.5, 0.6) is 0 Å². The van der Waals surface area contributed by atoms with Crippen molar-refractivity contribution in [2.45, 2.75) is 44.7 Å². The molecular weight excluding hydrogens is 298 g/mol. The van der Waals surface area contributed by atoms with Gasteiger partial charge >= 0.3 is 0 Å². The summed E-state index contributed by atoms with van der Waals surface area (Å²) in [5, 5.41) is 1.20. The molecule has 3 heterocycles. The van der Waals surface area contributed by atoms with Crippen molar-refractivity contribution in [1.29, 1.82) is 0 Å². The van der Waals surface area contributed by atoms with Gasteiger partial charge in [0.2, 0.25) is 5.91 Å². The van der Waals surface area contributed by atoms with Gasteiger partial charge in [0.1, 0.15) is 6.54 Å². The van der Waals surface area contributed by atoms with E-state index < -0.39 is 0 Å². The van der Waals surface area contributed by atoms with Gasteiger partial charge in [0.05, 0.1) is 0 Å². The summed E-state index contributed by atoms with van der Waals surface area (Å²) in [6.45, 7) is 4.81. The maximum atomic E-state index is 12.7. The van der Waals surface area contributed by atoms with Gasteiger partial charge in [-0.15, -0.1) is 0 Å². The van der Waals surface area contributed by atoms with Gasteiger partial charge in [0.25, 0.3) is 0 Å². The van der Waals surface area contributed by atoms with Crippen LogP contribution in [0.15, 0.2) is 36.5 Å². The Morgan fingerprint density at radius 3 is 2.50 bits per heavy atom. The van der Waals surface area contributed by atoms with Crippen LogP contribution in [-0.2, 0) is 11.3 Å². The van der Waals surface area contributed by atoms with E-state index in [1.165, 1.54) is 37.7 Å². The number of amides is 1. The van der Waals surface area contributed by atoms with Gasteiger partial charge in [0.15, 0.2) is 0 Å². The van der Waals surface area contributed by atoms with Gasteiger partial charge in [-0.05, 0) is 56.3 Å². The number of carbonyl (C=O) groups excluding carboxylic acids is 1. The second-order valence-corrected chi connectivity index (χ2v) is 7.21. The lowest BCUT2D eigenvalue weighted by atomic mass is 10.00. The van der Waals surface area contributed by atoms with E-state index in [-0.39, 0.29) is 5.91 Å². The summed E-state index contributed by atoms with van der Waals surface area (Å²) in [7, 11) is 0. The number of fused-ring (bicyclic) bond motifs is 1. The second kappa shape index (κ2) is 6.98. The van der Waals surface area contributed by atoms with Gasteiger partial charge in [-0.3, -0.25) is 4.79 Å². The monoisotopic (exact) mass is 325 g/mol. The van der Waals surface area contributed by atoms with E-state index in [1.54, 1.807) is 0 Å². The molecule has 0 spiro atoms. The van der Waals surface area contributed by atoms with Crippen LogP contribution in [0.4, 0.5) is 0 Å². The SMILES string of the molecule is O=C(Cn1ccc2ccccc21)N1CCC(N2CCCCC2)CC1. The summed E-state index contributed by atoms with van der Waals surface area (Å²) in [6.07, 6.45) is 8.39. The molecule has 0 radical (unpaired) electrons. The molecule has 0 unspecified atom stereocenters. The zero-order valence-corrected chi connectivity index (χ0v) is 14.4. The Balaban J connectivity index is 1.34. The smallest absolute Gasteiger partial charge is 0.242 e. The molecule has 2 fully saturated rings. The molecule has 0 aliphatic carbocycles. The Morgan fingerprint density at radius 1 is 0.958 bits per heavy atom. The number of nitrogens with zero attached hydrogens (tertiary/aromatic N) is 3. The predicted molar refractivity (Wildman–Crippen MR) is 97.0 cm³/mol.